The molecule has 26 heavy (non-hydrogen) atoms. The summed E-state index contributed by atoms with van der Waals surface area (Å²) in [5, 5.41) is 12.2. The molecule has 0 aliphatic heterocycles. The number of benzene rings is 3. The highest BCUT2D eigenvalue weighted by Gasteiger charge is 2.33. The lowest BCUT2D eigenvalue weighted by Crippen LogP contribution is -2.37. The van der Waals surface area contributed by atoms with E-state index in [1.165, 1.54) is 0 Å². The van der Waals surface area contributed by atoms with Crippen LogP contribution in [0.1, 0.15) is 23.5 Å². The standard InChI is InChI=1S/C21H18ClNO3/c22-18-3-1-2-12-4-7-14(10-16(12)18)26-15-8-5-13-6-9-19(23)20(21(24)25)17(13)11-15/h1-5,7-8,10-11,19-20H,6,9,23H2,(H,24,25). The predicted octanol–water partition coefficient (Wildman–Crippen LogP) is 4.73. The zero-order valence-electron chi connectivity index (χ0n) is 14.0. The number of rotatable bonds is 3. The van der Waals surface area contributed by atoms with Gasteiger partial charge in [-0.15, -0.1) is 0 Å². The van der Waals surface area contributed by atoms with Gasteiger partial charge in [0, 0.05) is 16.5 Å². The summed E-state index contributed by atoms with van der Waals surface area (Å²) in [5.74, 6) is -0.352. The molecule has 4 nitrogen and oxygen atoms in total. The predicted molar refractivity (Wildman–Crippen MR) is 102 cm³/mol. The summed E-state index contributed by atoms with van der Waals surface area (Å²) in [6.45, 7) is 0. The molecule has 5 heteroatoms. The normalized spacial score (nSPS) is 19.2. The van der Waals surface area contributed by atoms with Crippen LogP contribution in [0.2, 0.25) is 5.02 Å². The Bertz CT molecular complexity index is 1000. The smallest absolute Gasteiger partial charge is 0.312 e. The summed E-state index contributed by atoms with van der Waals surface area (Å²) in [4.78, 5) is 11.6. The molecule has 1 aliphatic carbocycles. The van der Waals surface area contributed by atoms with Crippen molar-refractivity contribution in [3.63, 3.8) is 0 Å². The Morgan fingerprint density at radius 2 is 1.88 bits per heavy atom. The van der Waals surface area contributed by atoms with Crippen molar-refractivity contribution in [2.24, 2.45) is 5.73 Å². The van der Waals surface area contributed by atoms with Crippen LogP contribution < -0.4 is 10.5 Å². The Kier molecular flexibility index (Phi) is 4.31. The summed E-state index contributed by atoms with van der Waals surface area (Å²) in [5.41, 5.74) is 7.80. The zero-order chi connectivity index (χ0) is 18.3. The summed E-state index contributed by atoms with van der Waals surface area (Å²) in [6, 6.07) is 16.7. The van der Waals surface area contributed by atoms with Gasteiger partial charge < -0.3 is 15.6 Å². The molecule has 3 N–H and O–H groups in total. The van der Waals surface area contributed by atoms with E-state index in [0.717, 1.165) is 28.3 Å². The highest BCUT2D eigenvalue weighted by atomic mass is 35.5. The van der Waals surface area contributed by atoms with Gasteiger partial charge in [-0.25, -0.2) is 0 Å². The number of aryl methyl sites for hydroxylation is 1. The minimum Gasteiger partial charge on any atom is -0.481 e. The van der Waals surface area contributed by atoms with Crippen LogP contribution in [0.3, 0.4) is 0 Å². The van der Waals surface area contributed by atoms with Crippen molar-refractivity contribution in [2.45, 2.75) is 24.8 Å². The van der Waals surface area contributed by atoms with E-state index >= 15 is 0 Å². The second kappa shape index (κ2) is 6.63. The first-order chi connectivity index (χ1) is 12.5. The number of hydrogen-bond acceptors (Lipinski definition) is 3. The SMILES string of the molecule is NC1CCc2ccc(Oc3ccc4cccc(Cl)c4c3)cc2C1C(=O)O. The molecule has 0 saturated carbocycles. The lowest BCUT2D eigenvalue weighted by Gasteiger charge is -2.28. The van der Waals surface area contributed by atoms with Crippen molar-refractivity contribution in [2.75, 3.05) is 0 Å². The summed E-state index contributed by atoms with van der Waals surface area (Å²) >= 11 is 6.26. The second-order valence-electron chi connectivity index (χ2n) is 6.60. The number of carboxylic acids is 1. The molecular formula is C21H18ClNO3. The molecule has 3 aromatic carbocycles. The summed E-state index contributed by atoms with van der Waals surface area (Å²) in [7, 11) is 0. The lowest BCUT2D eigenvalue weighted by molar-refractivity contribution is -0.139. The highest BCUT2D eigenvalue weighted by molar-refractivity contribution is 6.35. The quantitative estimate of drug-likeness (QED) is 0.702. The molecule has 0 spiro atoms. The Balaban J connectivity index is 1.69. The molecule has 3 aromatic rings. The van der Waals surface area contributed by atoms with Crippen LogP contribution in [0.25, 0.3) is 10.8 Å². The van der Waals surface area contributed by atoms with Gasteiger partial charge in [-0.1, -0.05) is 35.9 Å². The Labute approximate surface area is 156 Å². The third-order valence-corrected chi connectivity index (χ3v) is 5.26. The van der Waals surface area contributed by atoms with Gasteiger partial charge in [0.05, 0.1) is 5.92 Å². The van der Waals surface area contributed by atoms with Gasteiger partial charge in [0.1, 0.15) is 11.5 Å². The van der Waals surface area contributed by atoms with Gasteiger partial charge in [0.2, 0.25) is 0 Å². The third-order valence-electron chi connectivity index (χ3n) is 4.93. The number of fused-ring (bicyclic) bond motifs is 2. The second-order valence-corrected chi connectivity index (χ2v) is 7.01. The third kappa shape index (κ3) is 3.02. The monoisotopic (exact) mass is 367 g/mol. The molecule has 0 fully saturated rings. The molecule has 1 aliphatic rings. The van der Waals surface area contributed by atoms with Crippen molar-refractivity contribution >= 4 is 28.3 Å². The largest absolute Gasteiger partial charge is 0.481 e. The van der Waals surface area contributed by atoms with E-state index in [4.69, 9.17) is 22.1 Å². The molecule has 0 saturated heterocycles. The minimum absolute atomic E-state index is 0.380. The van der Waals surface area contributed by atoms with Crippen LogP contribution in [0.5, 0.6) is 11.5 Å². The number of aliphatic carboxylic acids is 1. The number of hydrogen-bond donors (Lipinski definition) is 2. The van der Waals surface area contributed by atoms with Crippen LogP contribution in [0.4, 0.5) is 0 Å². The van der Waals surface area contributed by atoms with E-state index in [-0.39, 0.29) is 6.04 Å². The fourth-order valence-corrected chi connectivity index (χ4v) is 3.84. The van der Waals surface area contributed by atoms with E-state index in [2.05, 4.69) is 0 Å². The zero-order valence-corrected chi connectivity index (χ0v) is 14.7. The minimum atomic E-state index is -0.895. The number of halogens is 1. The highest BCUT2D eigenvalue weighted by Crippen LogP contribution is 2.36. The van der Waals surface area contributed by atoms with Crippen LogP contribution in [0.15, 0.2) is 54.6 Å². The van der Waals surface area contributed by atoms with E-state index in [1.54, 1.807) is 6.07 Å². The van der Waals surface area contributed by atoms with Gasteiger partial charge in [0.15, 0.2) is 0 Å². The molecule has 0 amide bonds. The molecule has 2 atom stereocenters. The molecule has 0 heterocycles. The maximum Gasteiger partial charge on any atom is 0.312 e. The first-order valence-electron chi connectivity index (χ1n) is 8.50. The number of ether oxygens (including phenoxy) is 1. The molecule has 2 unspecified atom stereocenters. The molecule has 4 rings (SSSR count). The fourth-order valence-electron chi connectivity index (χ4n) is 3.60. The van der Waals surface area contributed by atoms with E-state index < -0.39 is 11.9 Å². The Morgan fingerprint density at radius 1 is 1.12 bits per heavy atom. The van der Waals surface area contributed by atoms with Gasteiger partial charge in [0.25, 0.3) is 0 Å². The molecule has 0 aromatic heterocycles. The Hall–Kier alpha value is -2.56. The molecule has 0 bridgehead atoms. The van der Waals surface area contributed by atoms with Crippen LogP contribution >= 0.6 is 11.6 Å². The lowest BCUT2D eigenvalue weighted by atomic mass is 9.79. The van der Waals surface area contributed by atoms with Crippen LogP contribution in [-0.4, -0.2) is 17.1 Å². The van der Waals surface area contributed by atoms with E-state index in [9.17, 15) is 9.90 Å². The first kappa shape index (κ1) is 16.9. The van der Waals surface area contributed by atoms with Gasteiger partial charge >= 0.3 is 5.97 Å². The topological polar surface area (TPSA) is 72.5 Å². The van der Waals surface area contributed by atoms with E-state index in [1.807, 2.05) is 48.5 Å². The Morgan fingerprint density at radius 3 is 2.69 bits per heavy atom. The van der Waals surface area contributed by atoms with Gasteiger partial charge in [-0.3, -0.25) is 4.79 Å². The summed E-state index contributed by atoms with van der Waals surface area (Å²) < 4.78 is 5.98. The number of carboxylic acid groups (broad SMARTS) is 1. The van der Waals surface area contributed by atoms with E-state index in [0.29, 0.717) is 22.9 Å². The van der Waals surface area contributed by atoms with Gasteiger partial charge in [-0.05, 0) is 59.7 Å². The average molecular weight is 368 g/mol. The first-order valence-corrected chi connectivity index (χ1v) is 8.88. The maximum absolute atomic E-state index is 11.6. The number of nitrogens with two attached hydrogens (primary N) is 1. The van der Waals surface area contributed by atoms with Crippen molar-refractivity contribution in [3.05, 3.63) is 70.7 Å². The van der Waals surface area contributed by atoms with Crippen molar-refractivity contribution in [1.82, 2.24) is 0 Å². The van der Waals surface area contributed by atoms with Gasteiger partial charge in [-0.2, -0.15) is 0 Å². The van der Waals surface area contributed by atoms with Crippen molar-refractivity contribution in [1.29, 1.82) is 0 Å². The molecule has 132 valence electrons. The van der Waals surface area contributed by atoms with Crippen LogP contribution in [0, 0.1) is 0 Å². The summed E-state index contributed by atoms with van der Waals surface area (Å²) in [6.07, 6.45) is 1.46. The van der Waals surface area contributed by atoms with Crippen molar-refractivity contribution in [3.8, 4) is 11.5 Å². The number of carbonyl (C=O) groups is 1. The maximum atomic E-state index is 11.6. The van der Waals surface area contributed by atoms with Crippen molar-refractivity contribution < 1.29 is 14.6 Å². The van der Waals surface area contributed by atoms with Crippen LogP contribution in [-0.2, 0) is 11.2 Å². The fraction of sp³-hybridized carbons (Fsp3) is 0.190. The average Bonchev–Trinajstić information content (AvgIpc) is 2.62. The molecular weight excluding hydrogens is 350 g/mol. The molecule has 0 radical (unpaired) electrons.